The van der Waals surface area contributed by atoms with E-state index in [9.17, 15) is 13.2 Å². The molecule has 1 aromatic carbocycles. The van der Waals surface area contributed by atoms with E-state index in [0.717, 1.165) is 19.1 Å². The maximum atomic E-state index is 12.3. The van der Waals surface area contributed by atoms with E-state index < -0.39 is 10.0 Å². The van der Waals surface area contributed by atoms with E-state index in [4.69, 9.17) is 11.6 Å². The van der Waals surface area contributed by atoms with Crippen molar-refractivity contribution in [1.82, 2.24) is 4.90 Å². The monoisotopic (exact) mass is 360 g/mol. The molecule has 0 aliphatic carbocycles. The molecule has 0 fully saturated rings. The molecule has 7 heteroatoms. The van der Waals surface area contributed by atoms with Crippen LogP contribution in [0.4, 0.5) is 5.69 Å². The number of hydrogen-bond donors (Lipinski definition) is 0. The van der Waals surface area contributed by atoms with Crippen molar-refractivity contribution in [2.45, 2.75) is 33.1 Å². The number of amides is 1. The van der Waals surface area contributed by atoms with Gasteiger partial charge in [0.1, 0.15) is 0 Å². The fraction of sp³-hybridized carbons (Fsp3) is 0.562. The number of sulfonamides is 1. The van der Waals surface area contributed by atoms with Crippen LogP contribution in [0.3, 0.4) is 0 Å². The van der Waals surface area contributed by atoms with Crippen LogP contribution >= 0.6 is 11.6 Å². The Kier molecular flexibility index (Phi) is 7.85. The molecule has 5 nitrogen and oxygen atoms in total. The van der Waals surface area contributed by atoms with Crippen molar-refractivity contribution >= 4 is 33.2 Å². The molecule has 0 heterocycles. The van der Waals surface area contributed by atoms with Gasteiger partial charge in [0.15, 0.2) is 0 Å². The molecule has 23 heavy (non-hydrogen) atoms. The summed E-state index contributed by atoms with van der Waals surface area (Å²) in [6.45, 7) is 5.57. The number of halogens is 1. The van der Waals surface area contributed by atoms with Crippen LogP contribution in [0.25, 0.3) is 0 Å². The van der Waals surface area contributed by atoms with Crippen LogP contribution in [0.2, 0.25) is 5.02 Å². The summed E-state index contributed by atoms with van der Waals surface area (Å²) in [5.74, 6) is -0.0173. The maximum Gasteiger partial charge on any atom is 0.232 e. The number of hydrogen-bond acceptors (Lipinski definition) is 3. The summed E-state index contributed by atoms with van der Waals surface area (Å²) in [5.41, 5.74) is 0.516. The summed E-state index contributed by atoms with van der Waals surface area (Å²) < 4.78 is 25.3. The van der Waals surface area contributed by atoms with E-state index in [2.05, 4.69) is 0 Å². The summed E-state index contributed by atoms with van der Waals surface area (Å²) in [5, 5.41) is 0.537. The van der Waals surface area contributed by atoms with Gasteiger partial charge in [0.05, 0.1) is 11.9 Å². The smallest absolute Gasteiger partial charge is 0.232 e. The summed E-state index contributed by atoms with van der Waals surface area (Å²) in [6, 6.07) is 6.56. The number of benzene rings is 1. The first-order valence-corrected chi connectivity index (χ1v) is 10.0. The topological polar surface area (TPSA) is 57.7 Å². The molecule has 0 aliphatic rings. The van der Waals surface area contributed by atoms with Crippen molar-refractivity contribution in [3.8, 4) is 0 Å². The van der Waals surface area contributed by atoms with E-state index in [1.807, 2.05) is 13.8 Å². The van der Waals surface area contributed by atoms with Gasteiger partial charge in [-0.25, -0.2) is 8.42 Å². The number of nitrogens with zero attached hydrogens (tertiary/aromatic N) is 2. The molecule has 130 valence electrons. The lowest BCUT2D eigenvalue weighted by Gasteiger charge is -2.25. The van der Waals surface area contributed by atoms with Crippen LogP contribution in [0.1, 0.15) is 33.1 Å². The molecule has 0 bridgehead atoms. The molecule has 0 saturated carbocycles. The number of anilines is 1. The molecular formula is C16H25ClN2O3S. The highest BCUT2D eigenvalue weighted by Gasteiger charge is 2.20. The van der Waals surface area contributed by atoms with Gasteiger partial charge < -0.3 is 4.90 Å². The lowest BCUT2D eigenvalue weighted by Crippen LogP contribution is -2.37. The quantitative estimate of drug-likeness (QED) is 0.679. The second kappa shape index (κ2) is 9.13. The molecule has 1 rings (SSSR count). The third-order valence-electron chi connectivity index (χ3n) is 3.38. The second-order valence-corrected chi connectivity index (χ2v) is 7.79. The predicted molar refractivity (Wildman–Crippen MR) is 95.4 cm³/mol. The molecule has 0 unspecified atom stereocenters. The molecule has 0 radical (unpaired) electrons. The highest BCUT2D eigenvalue weighted by molar-refractivity contribution is 7.92. The largest absolute Gasteiger partial charge is 0.343 e. The van der Waals surface area contributed by atoms with Crippen LogP contribution in [0, 0.1) is 0 Å². The summed E-state index contributed by atoms with van der Waals surface area (Å²) in [4.78, 5) is 14.1. The molecule has 1 aromatic rings. The maximum absolute atomic E-state index is 12.3. The first-order valence-electron chi connectivity index (χ1n) is 7.80. The van der Waals surface area contributed by atoms with Gasteiger partial charge in [-0.2, -0.15) is 0 Å². The van der Waals surface area contributed by atoms with Gasteiger partial charge >= 0.3 is 0 Å². The van der Waals surface area contributed by atoms with Gasteiger partial charge in [-0.15, -0.1) is 0 Å². The summed E-state index contributed by atoms with van der Waals surface area (Å²) in [6.07, 6.45) is 3.08. The van der Waals surface area contributed by atoms with Gasteiger partial charge in [0, 0.05) is 31.1 Å². The Morgan fingerprint density at radius 1 is 1.04 bits per heavy atom. The number of carbonyl (C=O) groups is 1. The van der Waals surface area contributed by atoms with E-state index in [1.54, 1.807) is 29.2 Å². The van der Waals surface area contributed by atoms with Gasteiger partial charge in [-0.3, -0.25) is 9.10 Å². The van der Waals surface area contributed by atoms with Crippen molar-refractivity contribution in [3.63, 3.8) is 0 Å². The second-order valence-electron chi connectivity index (χ2n) is 5.44. The van der Waals surface area contributed by atoms with Crippen molar-refractivity contribution in [3.05, 3.63) is 29.3 Å². The Labute approximate surface area is 144 Å². The molecule has 0 aliphatic heterocycles. The van der Waals surface area contributed by atoms with E-state index in [-0.39, 0.29) is 18.9 Å². The fourth-order valence-corrected chi connectivity index (χ4v) is 3.40. The van der Waals surface area contributed by atoms with Crippen LogP contribution in [0.5, 0.6) is 0 Å². The lowest BCUT2D eigenvalue weighted by molar-refractivity contribution is -0.131. The minimum Gasteiger partial charge on any atom is -0.343 e. The van der Waals surface area contributed by atoms with Gasteiger partial charge in [0.2, 0.25) is 15.9 Å². The zero-order chi connectivity index (χ0) is 17.5. The molecule has 0 saturated heterocycles. The normalized spacial score (nSPS) is 11.3. The Morgan fingerprint density at radius 3 is 2.00 bits per heavy atom. The number of rotatable bonds is 9. The number of carbonyl (C=O) groups excluding carboxylic acids is 1. The predicted octanol–water partition coefficient (Wildman–Crippen LogP) is 3.14. The zero-order valence-corrected chi connectivity index (χ0v) is 15.5. The van der Waals surface area contributed by atoms with Crippen LogP contribution in [-0.4, -0.2) is 45.1 Å². The van der Waals surface area contributed by atoms with Crippen molar-refractivity contribution < 1.29 is 13.2 Å². The Bertz CT molecular complexity index is 596. The Balaban J connectivity index is 2.83. The molecule has 0 aromatic heterocycles. The van der Waals surface area contributed by atoms with Crippen LogP contribution in [-0.2, 0) is 14.8 Å². The third-order valence-corrected chi connectivity index (χ3v) is 4.83. The fourth-order valence-electron chi connectivity index (χ4n) is 2.35. The molecule has 0 spiro atoms. The SMILES string of the molecule is CCCN(CCC)C(=O)CCN(c1ccc(Cl)cc1)S(C)(=O)=O. The minimum atomic E-state index is -3.46. The third kappa shape index (κ3) is 6.39. The molecular weight excluding hydrogens is 336 g/mol. The Morgan fingerprint density at radius 2 is 1.57 bits per heavy atom. The van der Waals surface area contributed by atoms with Gasteiger partial charge in [-0.05, 0) is 37.1 Å². The average molecular weight is 361 g/mol. The molecule has 0 N–H and O–H groups in total. The summed E-state index contributed by atoms with van der Waals surface area (Å²) in [7, 11) is -3.46. The highest BCUT2D eigenvalue weighted by atomic mass is 35.5. The average Bonchev–Trinajstić information content (AvgIpc) is 2.47. The Hall–Kier alpha value is -1.27. The van der Waals surface area contributed by atoms with E-state index in [1.165, 1.54) is 4.31 Å². The van der Waals surface area contributed by atoms with Gasteiger partial charge in [-0.1, -0.05) is 25.4 Å². The molecule has 1 amide bonds. The van der Waals surface area contributed by atoms with Crippen molar-refractivity contribution in [2.24, 2.45) is 0 Å². The molecule has 0 atom stereocenters. The first kappa shape index (κ1) is 19.8. The van der Waals surface area contributed by atoms with E-state index in [0.29, 0.717) is 23.8 Å². The minimum absolute atomic E-state index is 0.0173. The van der Waals surface area contributed by atoms with Crippen molar-refractivity contribution in [1.29, 1.82) is 0 Å². The van der Waals surface area contributed by atoms with E-state index >= 15 is 0 Å². The standard InChI is InChI=1S/C16H25ClN2O3S/c1-4-11-18(12-5-2)16(20)10-13-19(23(3,21)22)15-8-6-14(17)7-9-15/h6-9H,4-5,10-13H2,1-3H3. The van der Waals surface area contributed by atoms with Crippen LogP contribution < -0.4 is 4.31 Å². The summed E-state index contributed by atoms with van der Waals surface area (Å²) >= 11 is 5.84. The van der Waals surface area contributed by atoms with Crippen LogP contribution in [0.15, 0.2) is 24.3 Å². The lowest BCUT2D eigenvalue weighted by atomic mass is 10.2. The highest BCUT2D eigenvalue weighted by Crippen LogP contribution is 2.20. The zero-order valence-electron chi connectivity index (χ0n) is 14.0. The van der Waals surface area contributed by atoms with Gasteiger partial charge in [0.25, 0.3) is 0 Å². The first-order chi connectivity index (χ1) is 10.8. The van der Waals surface area contributed by atoms with Crippen molar-refractivity contribution in [2.75, 3.05) is 30.2 Å².